The third-order valence-electron chi connectivity index (χ3n) is 2.48. The van der Waals surface area contributed by atoms with E-state index < -0.39 is 0 Å². The van der Waals surface area contributed by atoms with Crippen molar-refractivity contribution in [3.8, 4) is 0 Å². The molecule has 0 heterocycles. The van der Waals surface area contributed by atoms with Gasteiger partial charge in [0, 0.05) is 21.4 Å². The van der Waals surface area contributed by atoms with Crippen LogP contribution in [0, 0.1) is 6.92 Å². The van der Waals surface area contributed by atoms with Crippen molar-refractivity contribution in [2.75, 3.05) is 0 Å². The summed E-state index contributed by atoms with van der Waals surface area (Å²) < 4.78 is 0. The standard InChI is InChI=1S/C14H14ClNS/c1-10-2-3-11(9-16)14(8-10)17-13-6-4-12(15)5-7-13/h2-8H,9,16H2,1H3. The van der Waals surface area contributed by atoms with E-state index in [0.29, 0.717) is 6.54 Å². The Kier molecular flexibility index (Phi) is 4.11. The molecular weight excluding hydrogens is 250 g/mol. The van der Waals surface area contributed by atoms with Gasteiger partial charge in [-0.1, -0.05) is 35.5 Å². The molecule has 0 saturated carbocycles. The molecule has 2 aromatic rings. The lowest BCUT2D eigenvalue weighted by atomic mass is 10.1. The van der Waals surface area contributed by atoms with Crippen molar-refractivity contribution in [1.29, 1.82) is 0 Å². The lowest BCUT2D eigenvalue weighted by Gasteiger charge is -2.08. The Bertz CT molecular complexity index is 508. The number of halogens is 1. The second kappa shape index (κ2) is 5.58. The van der Waals surface area contributed by atoms with E-state index in [0.717, 1.165) is 5.02 Å². The Morgan fingerprint density at radius 3 is 2.47 bits per heavy atom. The van der Waals surface area contributed by atoms with E-state index in [-0.39, 0.29) is 0 Å². The molecule has 0 aromatic heterocycles. The van der Waals surface area contributed by atoms with Crippen LogP contribution < -0.4 is 5.73 Å². The van der Waals surface area contributed by atoms with Gasteiger partial charge < -0.3 is 5.73 Å². The Hall–Kier alpha value is -0.960. The fourth-order valence-corrected chi connectivity index (χ4v) is 2.73. The number of rotatable bonds is 3. The van der Waals surface area contributed by atoms with Gasteiger partial charge >= 0.3 is 0 Å². The molecule has 2 rings (SSSR count). The van der Waals surface area contributed by atoms with Crippen LogP contribution in [0.2, 0.25) is 5.02 Å². The maximum absolute atomic E-state index is 5.87. The van der Waals surface area contributed by atoms with Crippen molar-refractivity contribution in [2.45, 2.75) is 23.3 Å². The molecule has 0 aliphatic heterocycles. The van der Waals surface area contributed by atoms with Gasteiger partial charge in [-0.05, 0) is 48.4 Å². The van der Waals surface area contributed by atoms with Gasteiger partial charge in [-0.2, -0.15) is 0 Å². The quantitative estimate of drug-likeness (QED) is 0.896. The highest BCUT2D eigenvalue weighted by Crippen LogP contribution is 2.31. The van der Waals surface area contributed by atoms with Crippen LogP contribution in [-0.4, -0.2) is 0 Å². The van der Waals surface area contributed by atoms with Gasteiger partial charge in [0.25, 0.3) is 0 Å². The molecule has 0 spiro atoms. The summed E-state index contributed by atoms with van der Waals surface area (Å²) in [7, 11) is 0. The van der Waals surface area contributed by atoms with Crippen LogP contribution >= 0.6 is 23.4 Å². The van der Waals surface area contributed by atoms with Crippen molar-refractivity contribution < 1.29 is 0 Å². The summed E-state index contributed by atoms with van der Waals surface area (Å²) in [6, 6.07) is 14.2. The second-order valence-corrected chi connectivity index (χ2v) is 5.42. The first-order valence-electron chi connectivity index (χ1n) is 5.42. The first-order valence-corrected chi connectivity index (χ1v) is 6.61. The molecule has 17 heavy (non-hydrogen) atoms. The minimum absolute atomic E-state index is 0.566. The van der Waals surface area contributed by atoms with Crippen LogP contribution in [0.25, 0.3) is 0 Å². The highest BCUT2D eigenvalue weighted by Gasteiger charge is 2.03. The predicted octanol–water partition coefficient (Wildman–Crippen LogP) is 4.26. The number of hydrogen-bond donors (Lipinski definition) is 1. The molecular formula is C14H14ClNS. The molecule has 0 bridgehead atoms. The molecule has 0 aliphatic carbocycles. The minimum Gasteiger partial charge on any atom is -0.326 e. The van der Waals surface area contributed by atoms with E-state index in [1.54, 1.807) is 11.8 Å². The zero-order valence-electron chi connectivity index (χ0n) is 9.61. The average Bonchev–Trinajstić information content (AvgIpc) is 2.32. The predicted molar refractivity (Wildman–Crippen MR) is 74.6 cm³/mol. The van der Waals surface area contributed by atoms with E-state index in [4.69, 9.17) is 17.3 Å². The Balaban J connectivity index is 2.28. The van der Waals surface area contributed by atoms with E-state index in [2.05, 4.69) is 25.1 Å². The van der Waals surface area contributed by atoms with Crippen molar-refractivity contribution in [2.24, 2.45) is 5.73 Å². The first-order chi connectivity index (χ1) is 8.19. The Morgan fingerprint density at radius 1 is 1.12 bits per heavy atom. The third kappa shape index (κ3) is 3.25. The molecule has 0 saturated heterocycles. The van der Waals surface area contributed by atoms with Crippen LogP contribution in [0.4, 0.5) is 0 Å². The molecule has 0 atom stereocenters. The van der Waals surface area contributed by atoms with Gasteiger partial charge in [0.1, 0.15) is 0 Å². The van der Waals surface area contributed by atoms with Gasteiger partial charge in [0.05, 0.1) is 0 Å². The summed E-state index contributed by atoms with van der Waals surface area (Å²) in [5, 5.41) is 0.762. The maximum Gasteiger partial charge on any atom is 0.0406 e. The second-order valence-electron chi connectivity index (χ2n) is 3.87. The highest BCUT2D eigenvalue weighted by molar-refractivity contribution is 7.99. The number of hydrogen-bond acceptors (Lipinski definition) is 2. The largest absolute Gasteiger partial charge is 0.326 e. The molecule has 2 N–H and O–H groups in total. The first kappa shape index (κ1) is 12.5. The van der Waals surface area contributed by atoms with E-state index in [1.165, 1.54) is 20.9 Å². The van der Waals surface area contributed by atoms with Crippen LogP contribution in [-0.2, 0) is 6.54 Å². The van der Waals surface area contributed by atoms with Crippen molar-refractivity contribution in [1.82, 2.24) is 0 Å². The van der Waals surface area contributed by atoms with Crippen LogP contribution in [0.3, 0.4) is 0 Å². The SMILES string of the molecule is Cc1ccc(CN)c(Sc2ccc(Cl)cc2)c1. The van der Waals surface area contributed by atoms with E-state index in [1.807, 2.05) is 24.3 Å². The molecule has 88 valence electrons. The maximum atomic E-state index is 5.87. The summed E-state index contributed by atoms with van der Waals surface area (Å²) in [6.45, 7) is 2.66. The Labute approximate surface area is 111 Å². The molecule has 0 fully saturated rings. The molecule has 3 heteroatoms. The summed E-state index contributed by atoms with van der Waals surface area (Å²) in [4.78, 5) is 2.39. The number of nitrogens with two attached hydrogens (primary N) is 1. The number of aryl methyl sites for hydroxylation is 1. The van der Waals surface area contributed by atoms with Gasteiger partial charge in [-0.15, -0.1) is 0 Å². The summed E-state index contributed by atoms with van der Waals surface area (Å²) in [6.07, 6.45) is 0. The van der Waals surface area contributed by atoms with Crippen LogP contribution in [0.5, 0.6) is 0 Å². The van der Waals surface area contributed by atoms with Crippen molar-refractivity contribution in [3.05, 3.63) is 58.6 Å². The number of benzene rings is 2. The Morgan fingerprint density at radius 2 is 1.82 bits per heavy atom. The summed E-state index contributed by atoms with van der Waals surface area (Å²) in [5.41, 5.74) is 8.17. The molecule has 0 radical (unpaired) electrons. The smallest absolute Gasteiger partial charge is 0.0406 e. The van der Waals surface area contributed by atoms with Gasteiger partial charge in [-0.3, -0.25) is 0 Å². The third-order valence-corrected chi connectivity index (χ3v) is 3.84. The average molecular weight is 264 g/mol. The van der Waals surface area contributed by atoms with E-state index >= 15 is 0 Å². The zero-order chi connectivity index (χ0) is 12.3. The highest BCUT2D eigenvalue weighted by atomic mass is 35.5. The monoisotopic (exact) mass is 263 g/mol. The fraction of sp³-hybridized carbons (Fsp3) is 0.143. The summed E-state index contributed by atoms with van der Waals surface area (Å²) in [5.74, 6) is 0. The normalized spacial score (nSPS) is 10.5. The molecule has 0 unspecified atom stereocenters. The fourth-order valence-electron chi connectivity index (χ4n) is 1.56. The van der Waals surface area contributed by atoms with Crippen molar-refractivity contribution >= 4 is 23.4 Å². The van der Waals surface area contributed by atoms with Gasteiger partial charge in [0.2, 0.25) is 0 Å². The molecule has 1 nitrogen and oxygen atoms in total. The van der Waals surface area contributed by atoms with E-state index in [9.17, 15) is 0 Å². The zero-order valence-corrected chi connectivity index (χ0v) is 11.2. The molecule has 2 aromatic carbocycles. The lowest BCUT2D eigenvalue weighted by molar-refractivity contribution is 1.02. The van der Waals surface area contributed by atoms with Crippen LogP contribution in [0.15, 0.2) is 52.3 Å². The van der Waals surface area contributed by atoms with Gasteiger partial charge in [0.15, 0.2) is 0 Å². The molecule has 0 amide bonds. The van der Waals surface area contributed by atoms with Crippen molar-refractivity contribution in [3.63, 3.8) is 0 Å². The lowest BCUT2D eigenvalue weighted by Crippen LogP contribution is -1.98. The van der Waals surface area contributed by atoms with Crippen LogP contribution in [0.1, 0.15) is 11.1 Å². The molecule has 0 aliphatic rings. The summed E-state index contributed by atoms with van der Waals surface area (Å²) >= 11 is 7.59. The minimum atomic E-state index is 0.566. The topological polar surface area (TPSA) is 26.0 Å². The van der Waals surface area contributed by atoms with Gasteiger partial charge in [-0.25, -0.2) is 0 Å².